The van der Waals surface area contributed by atoms with Crippen molar-refractivity contribution in [3.05, 3.63) is 64.1 Å². The summed E-state index contributed by atoms with van der Waals surface area (Å²) in [6.07, 6.45) is 2.71. The molecular weight excluding hydrogens is 392 g/mol. The van der Waals surface area contributed by atoms with Crippen LogP contribution in [0.1, 0.15) is 36.4 Å². The van der Waals surface area contributed by atoms with Crippen LogP contribution in [-0.2, 0) is 4.79 Å². The quantitative estimate of drug-likeness (QED) is 0.776. The maximum absolute atomic E-state index is 11.9. The van der Waals surface area contributed by atoms with Gasteiger partial charge in [-0.2, -0.15) is 0 Å². The van der Waals surface area contributed by atoms with Crippen LogP contribution in [0.3, 0.4) is 0 Å². The average molecular weight is 417 g/mol. The lowest BCUT2D eigenvalue weighted by atomic mass is 9.91. The predicted molar refractivity (Wildman–Crippen MR) is 109 cm³/mol. The molecule has 0 spiro atoms. The van der Waals surface area contributed by atoms with Crippen molar-refractivity contribution in [1.82, 2.24) is 4.90 Å². The smallest absolute Gasteiger partial charge is 0.320 e. The number of hydrogen-bond donors (Lipinski definition) is 1. The number of carboxylic acid groups (broad SMARTS) is 1. The van der Waals surface area contributed by atoms with Crippen LogP contribution < -0.4 is 4.90 Å². The molecule has 2 unspecified atom stereocenters. The Bertz CT molecular complexity index is 761. The Balaban J connectivity index is 2.05. The number of anilines is 1. The summed E-state index contributed by atoms with van der Waals surface area (Å²) in [6, 6.07) is 16.1. The van der Waals surface area contributed by atoms with E-state index in [0.717, 1.165) is 40.7 Å². The van der Waals surface area contributed by atoms with Crippen LogP contribution in [0.4, 0.5) is 5.69 Å². The number of rotatable bonds is 5. The topological polar surface area (TPSA) is 43.8 Å². The van der Waals surface area contributed by atoms with Gasteiger partial charge in [0.05, 0.1) is 6.04 Å². The van der Waals surface area contributed by atoms with E-state index in [1.165, 1.54) is 0 Å². The van der Waals surface area contributed by atoms with Gasteiger partial charge in [0.2, 0.25) is 0 Å². The van der Waals surface area contributed by atoms with Crippen molar-refractivity contribution < 1.29 is 9.90 Å². The van der Waals surface area contributed by atoms with Crippen molar-refractivity contribution in [3.8, 4) is 0 Å². The predicted octanol–water partition coefficient (Wildman–Crippen LogP) is 4.54. The van der Waals surface area contributed by atoms with Crippen molar-refractivity contribution in [2.75, 3.05) is 25.5 Å². The normalized spacial score (nSPS) is 19.1. The second-order valence-corrected chi connectivity index (χ2v) is 7.95. The molecule has 2 atom stereocenters. The summed E-state index contributed by atoms with van der Waals surface area (Å²) in [5.41, 5.74) is 3.38. The highest BCUT2D eigenvalue weighted by atomic mass is 79.9. The van der Waals surface area contributed by atoms with E-state index < -0.39 is 12.0 Å². The highest BCUT2D eigenvalue weighted by molar-refractivity contribution is 9.10. The van der Waals surface area contributed by atoms with E-state index in [2.05, 4.69) is 62.1 Å². The molecular formula is C21H25BrN2O2. The van der Waals surface area contributed by atoms with Crippen LogP contribution >= 0.6 is 15.9 Å². The van der Waals surface area contributed by atoms with Gasteiger partial charge in [0, 0.05) is 24.3 Å². The van der Waals surface area contributed by atoms with Crippen molar-refractivity contribution in [3.63, 3.8) is 0 Å². The van der Waals surface area contributed by atoms with Crippen molar-refractivity contribution in [2.45, 2.75) is 31.3 Å². The molecule has 5 heteroatoms. The van der Waals surface area contributed by atoms with Gasteiger partial charge in [-0.15, -0.1) is 0 Å². The summed E-state index contributed by atoms with van der Waals surface area (Å²) >= 11 is 3.56. The van der Waals surface area contributed by atoms with Crippen LogP contribution in [0.25, 0.3) is 0 Å². The lowest BCUT2D eigenvalue weighted by Gasteiger charge is -2.39. The van der Waals surface area contributed by atoms with Gasteiger partial charge in [0.25, 0.3) is 0 Å². The maximum atomic E-state index is 11.9. The van der Waals surface area contributed by atoms with Gasteiger partial charge in [-0.3, -0.25) is 9.69 Å². The second kappa shape index (κ2) is 8.23. The van der Waals surface area contributed by atoms with E-state index in [1.807, 2.05) is 26.2 Å². The lowest BCUT2D eigenvalue weighted by molar-refractivity contribution is -0.145. The molecule has 3 rings (SSSR count). The van der Waals surface area contributed by atoms with E-state index in [9.17, 15) is 9.90 Å². The van der Waals surface area contributed by atoms with Gasteiger partial charge in [-0.05, 0) is 54.8 Å². The first-order valence-electron chi connectivity index (χ1n) is 8.98. The molecule has 1 aliphatic heterocycles. The third kappa shape index (κ3) is 4.10. The van der Waals surface area contributed by atoms with Gasteiger partial charge in [-0.25, -0.2) is 0 Å². The van der Waals surface area contributed by atoms with E-state index in [4.69, 9.17) is 0 Å². The van der Waals surface area contributed by atoms with Crippen LogP contribution in [0.5, 0.6) is 0 Å². The molecule has 0 aromatic heterocycles. The number of aliphatic carboxylic acids is 1. The Morgan fingerprint density at radius 3 is 2.50 bits per heavy atom. The van der Waals surface area contributed by atoms with E-state index in [0.29, 0.717) is 6.42 Å². The summed E-state index contributed by atoms with van der Waals surface area (Å²) < 4.78 is 1.01. The molecule has 1 saturated heterocycles. The van der Waals surface area contributed by atoms with Gasteiger partial charge >= 0.3 is 5.97 Å². The molecule has 138 valence electrons. The molecule has 26 heavy (non-hydrogen) atoms. The number of nitrogens with zero attached hydrogens (tertiary/aromatic N) is 2. The first-order chi connectivity index (χ1) is 12.5. The molecule has 0 bridgehead atoms. The minimum atomic E-state index is -0.727. The number of benzene rings is 2. The zero-order chi connectivity index (χ0) is 18.7. The second-order valence-electron chi connectivity index (χ2n) is 7.03. The van der Waals surface area contributed by atoms with Crippen LogP contribution in [-0.4, -0.2) is 42.7 Å². The van der Waals surface area contributed by atoms with Gasteiger partial charge in [0.15, 0.2) is 0 Å². The number of hydrogen-bond acceptors (Lipinski definition) is 3. The third-order valence-corrected chi connectivity index (χ3v) is 5.54. The summed E-state index contributed by atoms with van der Waals surface area (Å²) in [5, 5.41) is 9.77. The molecule has 2 aromatic rings. The number of halogens is 1. The minimum Gasteiger partial charge on any atom is -0.480 e. The molecule has 0 saturated carbocycles. The molecule has 0 radical (unpaired) electrons. The summed E-state index contributed by atoms with van der Waals surface area (Å²) in [4.78, 5) is 16.1. The Morgan fingerprint density at radius 1 is 1.15 bits per heavy atom. The highest BCUT2D eigenvalue weighted by Gasteiger charge is 2.35. The fraction of sp³-hybridized carbons (Fsp3) is 0.381. The Kier molecular flexibility index (Phi) is 5.99. The average Bonchev–Trinajstić information content (AvgIpc) is 2.63. The van der Waals surface area contributed by atoms with E-state index in [1.54, 1.807) is 0 Å². The van der Waals surface area contributed by atoms with Gasteiger partial charge in [-0.1, -0.05) is 46.6 Å². The summed E-state index contributed by atoms with van der Waals surface area (Å²) in [7, 11) is 4.04. The van der Waals surface area contributed by atoms with Gasteiger partial charge < -0.3 is 10.0 Å². The first kappa shape index (κ1) is 18.9. The fourth-order valence-electron chi connectivity index (χ4n) is 3.73. The van der Waals surface area contributed by atoms with Crippen molar-refractivity contribution in [1.29, 1.82) is 0 Å². The van der Waals surface area contributed by atoms with Crippen LogP contribution in [0.15, 0.2) is 53.0 Å². The maximum Gasteiger partial charge on any atom is 0.320 e. The summed E-state index contributed by atoms with van der Waals surface area (Å²) in [6.45, 7) is 0.795. The molecule has 1 fully saturated rings. The molecule has 1 heterocycles. The number of carboxylic acids is 1. The fourth-order valence-corrected chi connectivity index (χ4v) is 4.15. The SMILES string of the molecule is CN(C)c1ccc(C(c2cccc(Br)c2)N2CCCCC2C(=O)O)cc1. The minimum absolute atomic E-state index is 0.0647. The van der Waals surface area contributed by atoms with Crippen LogP contribution in [0.2, 0.25) is 0 Å². The van der Waals surface area contributed by atoms with Gasteiger partial charge in [0.1, 0.15) is 6.04 Å². The standard InChI is InChI=1S/C21H25BrN2O2/c1-23(2)18-11-9-15(10-12-18)20(16-6-5-7-17(22)14-16)24-13-4-3-8-19(24)21(25)26/h5-7,9-12,14,19-20H,3-4,8,13H2,1-2H3,(H,25,26). The van der Waals surface area contributed by atoms with Crippen LogP contribution in [0, 0.1) is 0 Å². The Hall–Kier alpha value is -1.85. The molecule has 2 aromatic carbocycles. The Morgan fingerprint density at radius 2 is 1.88 bits per heavy atom. The lowest BCUT2D eigenvalue weighted by Crippen LogP contribution is -2.46. The first-order valence-corrected chi connectivity index (χ1v) is 9.78. The molecule has 4 nitrogen and oxygen atoms in total. The van der Waals surface area contributed by atoms with Crippen molar-refractivity contribution >= 4 is 27.6 Å². The number of carbonyl (C=O) groups is 1. The zero-order valence-electron chi connectivity index (χ0n) is 15.2. The summed E-state index contributed by atoms with van der Waals surface area (Å²) in [5.74, 6) is -0.727. The molecule has 0 aliphatic carbocycles. The monoisotopic (exact) mass is 416 g/mol. The zero-order valence-corrected chi connectivity index (χ0v) is 16.8. The van der Waals surface area contributed by atoms with E-state index >= 15 is 0 Å². The van der Waals surface area contributed by atoms with E-state index in [-0.39, 0.29) is 6.04 Å². The number of likely N-dealkylation sites (tertiary alicyclic amines) is 1. The molecule has 1 N–H and O–H groups in total. The van der Waals surface area contributed by atoms with Crippen molar-refractivity contribution in [2.24, 2.45) is 0 Å². The largest absolute Gasteiger partial charge is 0.480 e. The highest BCUT2D eigenvalue weighted by Crippen LogP contribution is 2.35. The Labute approximate surface area is 163 Å². The molecule has 0 amide bonds. The third-order valence-electron chi connectivity index (χ3n) is 5.05. The molecule has 1 aliphatic rings. The number of piperidine rings is 1.